The lowest BCUT2D eigenvalue weighted by Gasteiger charge is -2.34. The third-order valence-corrected chi connectivity index (χ3v) is 4.41. The van der Waals surface area contributed by atoms with Gasteiger partial charge in [-0.1, -0.05) is 30.3 Å². The Bertz CT molecular complexity index is 634. The second kappa shape index (κ2) is 5.45. The fraction of sp³-hybridized carbons (Fsp3) is 0.353. The van der Waals surface area contributed by atoms with E-state index in [9.17, 15) is 4.79 Å². The predicted octanol–water partition coefficient (Wildman–Crippen LogP) is 3.93. The number of amides is 1. The summed E-state index contributed by atoms with van der Waals surface area (Å²) in [6.07, 6.45) is 2.05. The number of carbonyl (C=O) groups is 1. The minimum Gasteiger partial charge on any atom is -0.341 e. The lowest BCUT2D eigenvalue weighted by atomic mass is 9.84. The Balaban J connectivity index is 1.74. The molecule has 0 bridgehead atoms. The maximum absolute atomic E-state index is 12.4. The van der Waals surface area contributed by atoms with Gasteiger partial charge in [0, 0.05) is 24.5 Å². The first-order chi connectivity index (χ1) is 9.63. The number of fused-ring (bicyclic) bond motifs is 1. The molecule has 3 heteroatoms. The fourth-order valence-electron chi connectivity index (χ4n) is 2.82. The van der Waals surface area contributed by atoms with Gasteiger partial charge in [0.2, 0.25) is 0 Å². The number of benzene rings is 2. The number of carbonyl (C=O) groups excluding carboxylic acids is 1. The summed E-state index contributed by atoms with van der Waals surface area (Å²) in [4.78, 5) is 14.3. The molecule has 1 aliphatic carbocycles. The zero-order chi connectivity index (χ0) is 14.1. The third kappa shape index (κ3) is 2.66. The second-order valence-electron chi connectivity index (χ2n) is 5.68. The van der Waals surface area contributed by atoms with Gasteiger partial charge in [-0.15, -0.1) is 11.6 Å². The van der Waals surface area contributed by atoms with Crippen molar-refractivity contribution in [2.45, 2.75) is 18.2 Å². The lowest BCUT2D eigenvalue weighted by molar-refractivity contribution is 0.0747. The van der Waals surface area contributed by atoms with E-state index < -0.39 is 0 Å². The molecule has 1 fully saturated rings. The van der Waals surface area contributed by atoms with E-state index in [4.69, 9.17) is 11.6 Å². The maximum Gasteiger partial charge on any atom is 0.253 e. The Morgan fingerprint density at radius 1 is 1.20 bits per heavy atom. The first kappa shape index (κ1) is 13.4. The molecular weight excluding hydrogens is 270 g/mol. The van der Waals surface area contributed by atoms with Crippen molar-refractivity contribution in [1.29, 1.82) is 0 Å². The Hall–Kier alpha value is -1.54. The molecule has 1 amide bonds. The fourth-order valence-corrected chi connectivity index (χ4v) is 3.32. The summed E-state index contributed by atoms with van der Waals surface area (Å²) in [5.74, 6) is 0.653. The monoisotopic (exact) mass is 287 g/mol. The van der Waals surface area contributed by atoms with Crippen molar-refractivity contribution in [3.8, 4) is 0 Å². The Labute approximate surface area is 124 Å². The Morgan fingerprint density at radius 3 is 2.60 bits per heavy atom. The smallest absolute Gasteiger partial charge is 0.253 e. The SMILES string of the molecule is CN(CC1CC(Cl)C1)C(=O)c1ccc2ccccc2c1. The van der Waals surface area contributed by atoms with Gasteiger partial charge in [0.15, 0.2) is 0 Å². The van der Waals surface area contributed by atoms with Crippen LogP contribution in [-0.2, 0) is 0 Å². The van der Waals surface area contributed by atoms with E-state index in [2.05, 4.69) is 6.07 Å². The zero-order valence-corrected chi connectivity index (χ0v) is 12.3. The minimum atomic E-state index is 0.0915. The number of hydrogen-bond acceptors (Lipinski definition) is 1. The van der Waals surface area contributed by atoms with E-state index in [0.29, 0.717) is 11.3 Å². The summed E-state index contributed by atoms with van der Waals surface area (Å²) >= 11 is 5.99. The van der Waals surface area contributed by atoms with Gasteiger partial charge in [0.05, 0.1) is 0 Å². The van der Waals surface area contributed by atoms with Crippen LogP contribution in [0.1, 0.15) is 23.2 Å². The molecule has 20 heavy (non-hydrogen) atoms. The van der Waals surface area contributed by atoms with Crippen LogP contribution in [-0.4, -0.2) is 29.8 Å². The highest BCUT2D eigenvalue weighted by Gasteiger charge is 2.29. The van der Waals surface area contributed by atoms with E-state index in [1.54, 1.807) is 0 Å². The first-order valence-electron chi connectivity index (χ1n) is 7.02. The summed E-state index contributed by atoms with van der Waals surface area (Å²) in [5.41, 5.74) is 0.757. The molecule has 0 N–H and O–H groups in total. The van der Waals surface area contributed by atoms with E-state index >= 15 is 0 Å². The van der Waals surface area contributed by atoms with E-state index in [-0.39, 0.29) is 5.91 Å². The average molecular weight is 288 g/mol. The number of hydrogen-bond donors (Lipinski definition) is 0. The molecule has 2 aromatic rings. The Morgan fingerprint density at radius 2 is 1.90 bits per heavy atom. The van der Waals surface area contributed by atoms with E-state index in [1.165, 1.54) is 0 Å². The highest BCUT2D eigenvalue weighted by molar-refractivity contribution is 6.21. The van der Waals surface area contributed by atoms with Crippen molar-refractivity contribution >= 4 is 28.3 Å². The van der Waals surface area contributed by atoms with Gasteiger partial charge < -0.3 is 4.90 Å². The highest BCUT2D eigenvalue weighted by Crippen LogP contribution is 2.32. The average Bonchev–Trinajstić information content (AvgIpc) is 2.44. The van der Waals surface area contributed by atoms with Crippen LogP contribution in [0.25, 0.3) is 10.8 Å². The molecule has 0 aliphatic heterocycles. The largest absolute Gasteiger partial charge is 0.341 e. The van der Waals surface area contributed by atoms with Gasteiger partial charge in [0.25, 0.3) is 5.91 Å². The van der Waals surface area contributed by atoms with Gasteiger partial charge in [-0.05, 0) is 41.7 Å². The van der Waals surface area contributed by atoms with Crippen LogP contribution in [0.15, 0.2) is 42.5 Å². The highest BCUT2D eigenvalue weighted by atomic mass is 35.5. The number of rotatable bonds is 3. The molecule has 1 saturated carbocycles. The predicted molar refractivity (Wildman–Crippen MR) is 83.3 cm³/mol. The maximum atomic E-state index is 12.4. The molecular formula is C17H18ClNO. The Kier molecular flexibility index (Phi) is 3.66. The summed E-state index contributed by atoms with van der Waals surface area (Å²) in [7, 11) is 1.87. The normalized spacial score (nSPS) is 21.5. The molecule has 0 aromatic heterocycles. The number of halogens is 1. The first-order valence-corrected chi connectivity index (χ1v) is 7.45. The van der Waals surface area contributed by atoms with Crippen molar-refractivity contribution < 1.29 is 4.79 Å². The molecule has 0 saturated heterocycles. The molecule has 0 atom stereocenters. The summed E-state index contributed by atoms with van der Waals surface area (Å²) < 4.78 is 0. The molecule has 2 aromatic carbocycles. The standard InChI is InChI=1S/C17H18ClNO/c1-19(11-12-8-16(18)9-12)17(20)15-7-6-13-4-2-3-5-14(13)10-15/h2-7,10,12,16H,8-9,11H2,1H3. The molecule has 104 valence electrons. The topological polar surface area (TPSA) is 20.3 Å². The zero-order valence-electron chi connectivity index (χ0n) is 11.6. The summed E-state index contributed by atoms with van der Waals surface area (Å²) in [5, 5.41) is 2.58. The van der Waals surface area contributed by atoms with Gasteiger partial charge in [-0.3, -0.25) is 4.79 Å². The third-order valence-electron chi connectivity index (χ3n) is 4.05. The van der Waals surface area contributed by atoms with E-state index in [0.717, 1.165) is 35.7 Å². The van der Waals surface area contributed by atoms with Gasteiger partial charge >= 0.3 is 0 Å². The van der Waals surface area contributed by atoms with Crippen LogP contribution in [0, 0.1) is 5.92 Å². The summed E-state index contributed by atoms with van der Waals surface area (Å²) in [6.45, 7) is 0.800. The van der Waals surface area contributed by atoms with Gasteiger partial charge in [-0.25, -0.2) is 0 Å². The van der Waals surface area contributed by atoms with Gasteiger partial charge in [-0.2, -0.15) is 0 Å². The molecule has 0 heterocycles. The van der Waals surface area contributed by atoms with Crippen LogP contribution < -0.4 is 0 Å². The van der Waals surface area contributed by atoms with Crippen LogP contribution in [0.5, 0.6) is 0 Å². The van der Waals surface area contributed by atoms with Crippen molar-refractivity contribution in [2.75, 3.05) is 13.6 Å². The molecule has 0 radical (unpaired) electrons. The molecule has 0 unspecified atom stereocenters. The van der Waals surface area contributed by atoms with Crippen molar-refractivity contribution in [2.24, 2.45) is 5.92 Å². The van der Waals surface area contributed by atoms with Crippen LogP contribution in [0.4, 0.5) is 0 Å². The quantitative estimate of drug-likeness (QED) is 0.783. The van der Waals surface area contributed by atoms with Crippen LogP contribution in [0.2, 0.25) is 0 Å². The number of alkyl halides is 1. The molecule has 1 aliphatic rings. The van der Waals surface area contributed by atoms with Crippen molar-refractivity contribution in [3.63, 3.8) is 0 Å². The molecule has 2 nitrogen and oxygen atoms in total. The van der Waals surface area contributed by atoms with Crippen molar-refractivity contribution in [1.82, 2.24) is 4.90 Å². The minimum absolute atomic E-state index is 0.0915. The second-order valence-corrected chi connectivity index (χ2v) is 6.30. The molecule has 0 spiro atoms. The van der Waals surface area contributed by atoms with Gasteiger partial charge in [0.1, 0.15) is 0 Å². The molecule has 3 rings (SSSR count). The number of nitrogens with zero attached hydrogens (tertiary/aromatic N) is 1. The lowest BCUT2D eigenvalue weighted by Crippen LogP contribution is -2.37. The van der Waals surface area contributed by atoms with E-state index in [1.807, 2.05) is 48.3 Å². The summed E-state index contributed by atoms with van der Waals surface area (Å²) in [6, 6.07) is 14.0. The van der Waals surface area contributed by atoms with Crippen LogP contribution >= 0.6 is 11.6 Å². The van der Waals surface area contributed by atoms with Crippen LogP contribution in [0.3, 0.4) is 0 Å². The van der Waals surface area contributed by atoms with Crippen molar-refractivity contribution in [3.05, 3.63) is 48.0 Å².